The number of carboxylic acid groups (broad SMARTS) is 1. The zero-order chi connectivity index (χ0) is 14.8. The minimum Gasteiger partial charge on any atom is -0.480 e. The molecule has 0 bridgehead atoms. The van der Waals surface area contributed by atoms with Crippen molar-refractivity contribution >= 4 is 23.8 Å². The predicted octanol–water partition coefficient (Wildman–Crippen LogP) is 2.27. The van der Waals surface area contributed by atoms with Gasteiger partial charge in [0.1, 0.15) is 6.54 Å². The molecule has 0 fully saturated rings. The number of amides is 2. The van der Waals surface area contributed by atoms with Crippen molar-refractivity contribution in [2.75, 3.05) is 24.6 Å². The van der Waals surface area contributed by atoms with E-state index in [1.165, 1.54) is 4.90 Å². The quantitative estimate of drug-likeness (QED) is 0.639. The molecule has 0 radical (unpaired) electrons. The Kier molecular flexibility index (Phi) is 9.47. The van der Waals surface area contributed by atoms with Gasteiger partial charge in [0.2, 0.25) is 0 Å². The van der Waals surface area contributed by atoms with Gasteiger partial charge in [0.15, 0.2) is 0 Å². The fraction of sp³-hybridized carbons (Fsp3) is 0.846. The average Bonchev–Trinajstić information content (AvgIpc) is 2.27. The maximum absolute atomic E-state index is 12.0. The van der Waals surface area contributed by atoms with Crippen molar-refractivity contribution in [3.63, 3.8) is 0 Å². The summed E-state index contributed by atoms with van der Waals surface area (Å²) < 4.78 is 0. The fourth-order valence-electron chi connectivity index (χ4n) is 1.60. The Morgan fingerprint density at radius 2 is 1.95 bits per heavy atom. The molecule has 2 N–H and O–H groups in total. The number of urea groups is 1. The summed E-state index contributed by atoms with van der Waals surface area (Å²) in [4.78, 5) is 24.1. The number of hydrogen-bond acceptors (Lipinski definition) is 3. The van der Waals surface area contributed by atoms with Crippen molar-refractivity contribution < 1.29 is 14.7 Å². The van der Waals surface area contributed by atoms with Gasteiger partial charge < -0.3 is 15.3 Å². The Morgan fingerprint density at radius 3 is 2.42 bits per heavy atom. The van der Waals surface area contributed by atoms with Gasteiger partial charge >= 0.3 is 12.0 Å². The molecule has 5 nitrogen and oxygen atoms in total. The molecule has 1 unspecified atom stereocenters. The number of rotatable bonds is 9. The molecule has 0 saturated carbocycles. The third-order valence-corrected chi connectivity index (χ3v) is 3.40. The molecule has 19 heavy (non-hydrogen) atoms. The van der Waals surface area contributed by atoms with E-state index in [1.54, 1.807) is 0 Å². The second kappa shape index (κ2) is 9.95. The van der Waals surface area contributed by atoms with Crippen LogP contribution >= 0.6 is 11.8 Å². The van der Waals surface area contributed by atoms with Gasteiger partial charge in [-0.05, 0) is 30.8 Å². The van der Waals surface area contributed by atoms with Crippen LogP contribution in [0.5, 0.6) is 0 Å². The summed E-state index contributed by atoms with van der Waals surface area (Å²) in [5.74, 6) is 1.33. The fourth-order valence-corrected chi connectivity index (χ4v) is 2.41. The zero-order valence-electron chi connectivity index (χ0n) is 12.3. The van der Waals surface area contributed by atoms with E-state index in [4.69, 9.17) is 5.11 Å². The molecule has 1 atom stereocenters. The number of carbonyl (C=O) groups excluding carboxylic acids is 1. The largest absolute Gasteiger partial charge is 0.480 e. The molecule has 0 saturated heterocycles. The van der Waals surface area contributed by atoms with Gasteiger partial charge in [-0.2, -0.15) is 11.8 Å². The van der Waals surface area contributed by atoms with Crippen molar-refractivity contribution in [2.24, 2.45) is 5.92 Å². The number of aliphatic carboxylic acids is 1. The summed E-state index contributed by atoms with van der Waals surface area (Å²) in [5.41, 5.74) is 0. The first-order valence-corrected chi connectivity index (χ1v) is 7.87. The Hall–Kier alpha value is -0.910. The minimum atomic E-state index is -0.981. The molecule has 6 heteroatoms. The van der Waals surface area contributed by atoms with Gasteiger partial charge in [0.25, 0.3) is 0 Å². The predicted molar refractivity (Wildman–Crippen MR) is 79.7 cm³/mol. The Bertz CT molecular complexity index is 285. The highest BCUT2D eigenvalue weighted by Crippen LogP contribution is 2.05. The number of carbonyl (C=O) groups is 2. The van der Waals surface area contributed by atoms with Gasteiger partial charge in [0.05, 0.1) is 0 Å². The first-order chi connectivity index (χ1) is 8.86. The van der Waals surface area contributed by atoms with Crippen LogP contribution in [0.2, 0.25) is 0 Å². The first-order valence-electron chi connectivity index (χ1n) is 6.71. The van der Waals surface area contributed by atoms with E-state index in [0.29, 0.717) is 6.54 Å². The Balaban J connectivity index is 4.25. The summed E-state index contributed by atoms with van der Waals surface area (Å²) >= 11 is 1.83. The van der Waals surface area contributed by atoms with E-state index in [-0.39, 0.29) is 24.5 Å². The van der Waals surface area contributed by atoms with Crippen LogP contribution in [0.1, 0.15) is 34.1 Å². The average molecular weight is 290 g/mol. The molecule has 0 aliphatic carbocycles. The zero-order valence-corrected chi connectivity index (χ0v) is 13.1. The highest BCUT2D eigenvalue weighted by Gasteiger charge is 2.19. The smallest absolute Gasteiger partial charge is 0.323 e. The molecule has 0 aromatic carbocycles. The van der Waals surface area contributed by atoms with E-state index in [1.807, 2.05) is 32.5 Å². The number of hydrogen-bond donors (Lipinski definition) is 2. The van der Waals surface area contributed by atoms with E-state index >= 15 is 0 Å². The number of thioether (sulfide) groups is 1. The Labute approximate surface area is 120 Å². The SMILES string of the molecule is CCSCCC(C)NC(=O)N(CC(=O)O)CC(C)C. The van der Waals surface area contributed by atoms with Crippen LogP contribution in [0.25, 0.3) is 0 Å². The lowest BCUT2D eigenvalue weighted by molar-refractivity contribution is -0.137. The summed E-state index contributed by atoms with van der Waals surface area (Å²) in [6.45, 7) is 8.18. The van der Waals surface area contributed by atoms with Gasteiger partial charge in [-0.25, -0.2) is 4.79 Å². The third-order valence-electron chi connectivity index (χ3n) is 2.47. The molecule has 0 aromatic heterocycles. The van der Waals surface area contributed by atoms with Gasteiger partial charge in [-0.15, -0.1) is 0 Å². The molecule has 0 spiro atoms. The molecular weight excluding hydrogens is 264 g/mol. The van der Waals surface area contributed by atoms with E-state index in [9.17, 15) is 9.59 Å². The summed E-state index contributed by atoms with van der Waals surface area (Å²) in [6.07, 6.45) is 0.896. The molecule has 0 heterocycles. The van der Waals surface area contributed by atoms with E-state index in [0.717, 1.165) is 17.9 Å². The second-order valence-electron chi connectivity index (χ2n) is 5.00. The van der Waals surface area contributed by atoms with Crippen LogP contribution < -0.4 is 5.32 Å². The topological polar surface area (TPSA) is 69.6 Å². The van der Waals surface area contributed by atoms with Crippen molar-refractivity contribution in [3.8, 4) is 0 Å². The molecule has 0 aromatic rings. The van der Waals surface area contributed by atoms with E-state index in [2.05, 4.69) is 12.2 Å². The lowest BCUT2D eigenvalue weighted by Gasteiger charge is -2.25. The molecule has 0 aliphatic heterocycles. The van der Waals surface area contributed by atoms with Crippen LogP contribution in [-0.2, 0) is 4.79 Å². The lowest BCUT2D eigenvalue weighted by atomic mass is 10.2. The summed E-state index contributed by atoms with van der Waals surface area (Å²) in [7, 11) is 0. The molecule has 112 valence electrons. The highest BCUT2D eigenvalue weighted by atomic mass is 32.2. The highest BCUT2D eigenvalue weighted by molar-refractivity contribution is 7.99. The lowest BCUT2D eigenvalue weighted by Crippen LogP contribution is -2.47. The van der Waals surface area contributed by atoms with Crippen LogP contribution in [0.15, 0.2) is 0 Å². The summed E-state index contributed by atoms with van der Waals surface area (Å²) in [5, 5.41) is 11.7. The van der Waals surface area contributed by atoms with Gasteiger partial charge in [0, 0.05) is 12.6 Å². The Morgan fingerprint density at radius 1 is 1.32 bits per heavy atom. The van der Waals surface area contributed by atoms with Crippen LogP contribution in [0, 0.1) is 5.92 Å². The van der Waals surface area contributed by atoms with Gasteiger partial charge in [-0.3, -0.25) is 4.79 Å². The molecule has 0 aliphatic rings. The standard InChI is InChI=1S/C13H26N2O3S/c1-5-19-7-6-11(4)14-13(18)15(8-10(2)3)9-12(16)17/h10-11H,5-9H2,1-4H3,(H,14,18)(H,16,17). The molecule has 0 rings (SSSR count). The van der Waals surface area contributed by atoms with Crippen LogP contribution in [-0.4, -0.2) is 52.6 Å². The normalized spacial score (nSPS) is 12.3. The van der Waals surface area contributed by atoms with Gasteiger partial charge in [-0.1, -0.05) is 20.8 Å². The van der Waals surface area contributed by atoms with Crippen molar-refractivity contribution in [1.82, 2.24) is 10.2 Å². The third kappa shape index (κ3) is 9.64. The van der Waals surface area contributed by atoms with Crippen molar-refractivity contribution in [1.29, 1.82) is 0 Å². The maximum Gasteiger partial charge on any atom is 0.323 e. The van der Waals surface area contributed by atoms with Crippen LogP contribution in [0.3, 0.4) is 0 Å². The summed E-state index contributed by atoms with van der Waals surface area (Å²) in [6, 6.07) is -0.222. The first kappa shape index (κ1) is 18.1. The second-order valence-corrected chi connectivity index (χ2v) is 6.40. The minimum absolute atomic E-state index is 0.0648. The van der Waals surface area contributed by atoms with Crippen LogP contribution in [0.4, 0.5) is 4.79 Å². The number of nitrogens with zero attached hydrogens (tertiary/aromatic N) is 1. The number of carboxylic acids is 1. The van der Waals surface area contributed by atoms with Crippen molar-refractivity contribution in [3.05, 3.63) is 0 Å². The van der Waals surface area contributed by atoms with Crippen molar-refractivity contribution in [2.45, 2.75) is 40.2 Å². The monoisotopic (exact) mass is 290 g/mol. The van der Waals surface area contributed by atoms with E-state index < -0.39 is 5.97 Å². The molecular formula is C13H26N2O3S. The maximum atomic E-state index is 12.0. The number of nitrogens with one attached hydrogen (secondary N) is 1. The molecule has 2 amide bonds.